The maximum Gasteiger partial charge on any atom is 0.327 e. The maximum absolute atomic E-state index is 11.6. The van der Waals surface area contributed by atoms with E-state index in [1.165, 1.54) is 18.6 Å². The fourth-order valence-electron chi connectivity index (χ4n) is 0.879. The Morgan fingerprint density at radius 2 is 2.27 bits per heavy atom. The minimum atomic E-state index is -1.02. The summed E-state index contributed by atoms with van der Waals surface area (Å²) in [6, 6.07) is 0. The van der Waals surface area contributed by atoms with Gasteiger partial charge in [-0.2, -0.15) is 0 Å². The highest BCUT2D eigenvalue weighted by Gasteiger charge is 2.26. The minimum absolute atomic E-state index is 0.132. The van der Waals surface area contributed by atoms with Crippen LogP contribution in [0.2, 0.25) is 0 Å². The lowest BCUT2D eigenvalue weighted by Gasteiger charge is -2.06. The van der Waals surface area contributed by atoms with Crippen molar-refractivity contribution in [1.82, 2.24) is 9.97 Å². The Balaban J connectivity index is 2.73. The molecule has 1 unspecified atom stereocenters. The van der Waals surface area contributed by atoms with Gasteiger partial charge < -0.3 is 4.74 Å². The van der Waals surface area contributed by atoms with Crippen molar-refractivity contribution in [3.63, 3.8) is 0 Å². The Morgan fingerprint density at radius 1 is 1.53 bits per heavy atom. The van der Waals surface area contributed by atoms with Crippen LogP contribution in [0.5, 0.6) is 0 Å². The predicted octanol–water partition coefficient (Wildman–Crippen LogP) is 0.986. The van der Waals surface area contributed by atoms with Crippen molar-refractivity contribution in [3.05, 3.63) is 24.3 Å². The zero-order valence-corrected chi connectivity index (χ0v) is 9.60. The van der Waals surface area contributed by atoms with E-state index >= 15 is 0 Å². The number of esters is 1. The molecule has 1 aromatic rings. The van der Waals surface area contributed by atoms with Crippen LogP contribution >= 0.6 is 15.9 Å². The second kappa shape index (κ2) is 5.55. The number of nitrogens with zero attached hydrogens (tertiary/aromatic N) is 2. The standard InChI is InChI=1S/C9H9BrN2O3/c1-2-15-9(14)7(10)8(13)6-5-11-3-4-12-6/h3-5,7H,2H2,1H3. The van der Waals surface area contributed by atoms with Gasteiger partial charge in [-0.05, 0) is 6.92 Å². The van der Waals surface area contributed by atoms with E-state index in [0.717, 1.165) is 0 Å². The molecule has 0 amide bonds. The van der Waals surface area contributed by atoms with Crippen molar-refractivity contribution in [1.29, 1.82) is 0 Å². The van der Waals surface area contributed by atoms with E-state index in [9.17, 15) is 9.59 Å². The first-order valence-electron chi connectivity index (χ1n) is 4.27. The molecule has 0 saturated carbocycles. The molecule has 1 aromatic heterocycles. The smallest absolute Gasteiger partial charge is 0.327 e. The third-order valence-corrected chi connectivity index (χ3v) is 2.33. The van der Waals surface area contributed by atoms with E-state index < -0.39 is 16.6 Å². The highest BCUT2D eigenvalue weighted by Crippen LogP contribution is 2.09. The molecular formula is C9H9BrN2O3. The average Bonchev–Trinajstić information content (AvgIpc) is 2.28. The van der Waals surface area contributed by atoms with Crippen molar-refractivity contribution < 1.29 is 14.3 Å². The number of alkyl halides is 1. The van der Waals surface area contributed by atoms with Crippen molar-refractivity contribution >= 4 is 27.7 Å². The van der Waals surface area contributed by atoms with Gasteiger partial charge in [0.2, 0.25) is 5.78 Å². The number of rotatable bonds is 4. The molecule has 1 atom stereocenters. The number of carbonyl (C=O) groups is 2. The summed E-state index contributed by atoms with van der Waals surface area (Å²) in [7, 11) is 0. The molecule has 1 heterocycles. The van der Waals surface area contributed by atoms with Crippen molar-refractivity contribution in [2.45, 2.75) is 11.8 Å². The number of ketones is 1. The van der Waals surface area contributed by atoms with Crippen molar-refractivity contribution in [2.75, 3.05) is 6.61 Å². The number of carbonyl (C=O) groups excluding carboxylic acids is 2. The summed E-state index contributed by atoms with van der Waals surface area (Å²) >= 11 is 2.95. The minimum Gasteiger partial charge on any atom is -0.465 e. The van der Waals surface area contributed by atoms with Gasteiger partial charge in [0.25, 0.3) is 0 Å². The molecule has 80 valence electrons. The van der Waals surface area contributed by atoms with Gasteiger partial charge in [0.05, 0.1) is 12.8 Å². The summed E-state index contributed by atoms with van der Waals surface area (Å²) in [5.74, 6) is -1.07. The lowest BCUT2D eigenvalue weighted by Crippen LogP contribution is -2.27. The number of hydrogen-bond donors (Lipinski definition) is 0. The second-order valence-electron chi connectivity index (χ2n) is 2.57. The molecule has 0 saturated heterocycles. The molecule has 0 aliphatic heterocycles. The van der Waals surface area contributed by atoms with Gasteiger partial charge in [0.15, 0.2) is 4.83 Å². The van der Waals surface area contributed by atoms with Crippen LogP contribution in [0.3, 0.4) is 0 Å². The van der Waals surface area contributed by atoms with Crippen LogP contribution in [0, 0.1) is 0 Å². The van der Waals surface area contributed by atoms with Crippen LogP contribution in [0.25, 0.3) is 0 Å². The number of halogens is 1. The summed E-state index contributed by atoms with van der Waals surface area (Å²) in [6.45, 7) is 1.90. The van der Waals surface area contributed by atoms with Gasteiger partial charge >= 0.3 is 5.97 Å². The van der Waals surface area contributed by atoms with Gasteiger partial charge in [-0.1, -0.05) is 15.9 Å². The highest BCUT2D eigenvalue weighted by molar-refractivity contribution is 9.10. The molecule has 0 fully saturated rings. The van der Waals surface area contributed by atoms with Crippen molar-refractivity contribution in [2.24, 2.45) is 0 Å². The number of ether oxygens (including phenoxy) is 1. The molecule has 1 rings (SSSR count). The Labute approximate surface area is 95.0 Å². The zero-order chi connectivity index (χ0) is 11.3. The SMILES string of the molecule is CCOC(=O)C(Br)C(=O)c1cnccn1. The maximum atomic E-state index is 11.6. The fraction of sp³-hybridized carbons (Fsp3) is 0.333. The van der Waals surface area contributed by atoms with E-state index in [1.807, 2.05) is 0 Å². The molecule has 5 nitrogen and oxygen atoms in total. The largest absolute Gasteiger partial charge is 0.465 e. The molecule has 0 aliphatic carbocycles. The van der Waals surface area contributed by atoms with Gasteiger partial charge in [-0.15, -0.1) is 0 Å². The quantitative estimate of drug-likeness (QED) is 0.354. The Hall–Kier alpha value is -1.30. The Bertz CT molecular complexity index is 356. The zero-order valence-electron chi connectivity index (χ0n) is 8.01. The molecule has 0 radical (unpaired) electrons. The van der Waals surface area contributed by atoms with Gasteiger partial charge in [-0.25, -0.2) is 4.98 Å². The van der Waals surface area contributed by atoms with Crippen LogP contribution in [0.4, 0.5) is 0 Å². The fourth-order valence-corrected chi connectivity index (χ4v) is 1.25. The monoisotopic (exact) mass is 272 g/mol. The predicted molar refractivity (Wildman–Crippen MR) is 55.7 cm³/mol. The molecular weight excluding hydrogens is 264 g/mol. The lowest BCUT2D eigenvalue weighted by molar-refractivity contribution is -0.141. The third kappa shape index (κ3) is 3.09. The molecule has 0 bridgehead atoms. The summed E-state index contributed by atoms with van der Waals surface area (Å²) in [6.07, 6.45) is 4.14. The summed E-state index contributed by atoms with van der Waals surface area (Å²) in [5.41, 5.74) is 0.132. The number of Topliss-reactive ketones (excluding diaryl/α,β-unsaturated/α-hetero) is 1. The Kier molecular flexibility index (Phi) is 4.36. The van der Waals surface area contributed by atoms with E-state index in [0.29, 0.717) is 0 Å². The molecule has 15 heavy (non-hydrogen) atoms. The van der Waals surface area contributed by atoms with Gasteiger partial charge in [-0.3, -0.25) is 14.6 Å². The van der Waals surface area contributed by atoms with Gasteiger partial charge in [0.1, 0.15) is 5.69 Å². The first-order valence-corrected chi connectivity index (χ1v) is 5.19. The third-order valence-electron chi connectivity index (χ3n) is 1.54. The highest BCUT2D eigenvalue weighted by atomic mass is 79.9. The van der Waals surface area contributed by atoms with Crippen molar-refractivity contribution in [3.8, 4) is 0 Å². The first-order chi connectivity index (χ1) is 7.16. The first kappa shape index (κ1) is 11.8. The topological polar surface area (TPSA) is 69.2 Å². The Morgan fingerprint density at radius 3 is 2.80 bits per heavy atom. The van der Waals surface area contributed by atoms with Gasteiger partial charge in [0, 0.05) is 12.4 Å². The van der Waals surface area contributed by atoms with E-state index in [-0.39, 0.29) is 12.3 Å². The van der Waals surface area contributed by atoms with Crippen LogP contribution in [-0.4, -0.2) is 33.2 Å². The molecule has 6 heteroatoms. The number of aromatic nitrogens is 2. The van der Waals surface area contributed by atoms with E-state index in [4.69, 9.17) is 4.74 Å². The molecule has 0 aromatic carbocycles. The average molecular weight is 273 g/mol. The van der Waals surface area contributed by atoms with E-state index in [2.05, 4.69) is 25.9 Å². The normalized spacial score (nSPS) is 11.9. The summed E-state index contributed by atoms with van der Waals surface area (Å²) in [5, 5.41) is 0. The molecule has 0 N–H and O–H groups in total. The summed E-state index contributed by atoms with van der Waals surface area (Å²) < 4.78 is 4.69. The number of hydrogen-bond acceptors (Lipinski definition) is 5. The lowest BCUT2D eigenvalue weighted by atomic mass is 10.2. The summed E-state index contributed by atoms with van der Waals surface area (Å²) in [4.78, 5) is 29.3. The van der Waals surface area contributed by atoms with Crippen LogP contribution in [0.15, 0.2) is 18.6 Å². The molecule has 0 spiro atoms. The van der Waals surface area contributed by atoms with E-state index in [1.54, 1.807) is 6.92 Å². The van der Waals surface area contributed by atoms with Crippen LogP contribution in [-0.2, 0) is 9.53 Å². The van der Waals surface area contributed by atoms with Crippen LogP contribution in [0.1, 0.15) is 17.4 Å². The van der Waals surface area contributed by atoms with Crippen LogP contribution < -0.4 is 0 Å². The second-order valence-corrected chi connectivity index (χ2v) is 3.49. The molecule has 0 aliphatic rings.